The standard InChI is InChI=1S/C17H16/c1-13-6-7-16-9-8-14-4-2-3-5-15(14)10-11-17(16)12-13/h2-9,12H,10-11H2,1H3/b9-8-. The highest BCUT2D eigenvalue weighted by atomic mass is 14.1. The van der Waals surface area contributed by atoms with Gasteiger partial charge >= 0.3 is 0 Å². The molecule has 0 bridgehead atoms. The zero-order valence-electron chi connectivity index (χ0n) is 10.1. The highest BCUT2D eigenvalue weighted by molar-refractivity contribution is 5.73. The normalized spacial score (nSPS) is 15.4. The molecule has 2 aromatic carbocycles. The average Bonchev–Trinajstić information content (AvgIpc) is 2.33. The van der Waals surface area contributed by atoms with Gasteiger partial charge < -0.3 is 0 Å². The summed E-state index contributed by atoms with van der Waals surface area (Å²) in [6.07, 6.45) is 6.75. The van der Waals surface area contributed by atoms with Gasteiger partial charge in [0.25, 0.3) is 0 Å². The van der Waals surface area contributed by atoms with E-state index in [0.29, 0.717) is 0 Å². The first-order valence-electron chi connectivity index (χ1n) is 6.18. The van der Waals surface area contributed by atoms with Crippen molar-refractivity contribution < 1.29 is 0 Å². The van der Waals surface area contributed by atoms with Crippen molar-refractivity contribution in [3.63, 3.8) is 0 Å². The molecule has 0 N–H and O–H groups in total. The molecule has 3 rings (SSSR count). The van der Waals surface area contributed by atoms with Crippen LogP contribution in [0.5, 0.6) is 0 Å². The van der Waals surface area contributed by atoms with Gasteiger partial charge in [-0.05, 0) is 42.0 Å². The second-order valence-corrected chi connectivity index (χ2v) is 4.73. The molecule has 1 aliphatic rings. The first-order valence-corrected chi connectivity index (χ1v) is 6.18. The van der Waals surface area contributed by atoms with Crippen molar-refractivity contribution in [2.45, 2.75) is 19.8 Å². The fraction of sp³-hybridized carbons (Fsp3) is 0.176. The van der Waals surface area contributed by atoms with Crippen LogP contribution in [0.3, 0.4) is 0 Å². The monoisotopic (exact) mass is 220 g/mol. The quantitative estimate of drug-likeness (QED) is 0.622. The molecule has 0 aliphatic heterocycles. The van der Waals surface area contributed by atoms with Crippen LogP contribution in [0.1, 0.15) is 27.8 Å². The van der Waals surface area contributed by atoms with E-state index in [1.54, 1.807) is 0 Å². The maximum Gasteiger partial charge on any atom is -0.0224 e. The molecule has 0 heteroatoms. The third kappa shape index (κ3) is 2.03. The van der Waals surface area contributed by atoms with Crippen LogP contribution in [0.25, 0.3) is 12.2 Å². The van der Waals surface area contributed by atoms with Crippen LogP contribution < -0.4 is 0 Å². The average molecular weight is 220 g/mol. The molecule has 0 saturated heterocycles. The molecule has 17 heavy (non-hydrogen) atoms. The van der Waals surface area contributed by atoms with Gasteiger partial charge in [0, 0.05) is 0 Å². The first-order chi connectivity index (χ1) is 8.33. The van der Waals surface area contributed by atoms with Crippen molar-refractivity contribution in [1.82, 2.24) is 0 Å². The predicted molar refractivity (Wildman–Crippen MR) is 74.0 cm³/mol. The summed E-state index contributed by atoms with van der Waals surface area (Å²) in [6, 6.07) is 15.4. The molecule has 0 atom stereocenters. The van der Waals surface area contributed by atoms with E-state index in [4.69, 9.17) is 0 Å². The van der Waals surface area contributed by atoms with Crippen molar-refractivity contribution in [3.05, 3.63) is 70.3 Å². The van der Waals surface area contributed by atoms with Crippen LogP contribution in [-0.4, -0.2) is 0 Å². The zero-order valence-corrected chi connectivity index (χ0v) is 10.1. The molecule has 0 spiro atoms. The number of rotatable bonds is 0. The van der Waals surface area contributed by atoms with Crippen molar-refractivity contribution in [2.24, 2.45) is 0 Å². The number of fused-ring (bicyclic) bond motifs is 2. The number of hydrogen-bond acceptors (Lipinski definition) is 0. The van der Waals surface area contributed by atoms with E-state index in [2.05, 4.69) is 61.5 Å². The fourth-order valence-electron chi connectivity index (χ4n) is 2.49. The topological polar surface area (TPSA) is 0 Å². The van der Waals surface area contributed by atoms with Gasteiger partial charge in [0.1, 0.15) is 0 Å². The Morgan fingerprint density at radius 1 is 0.765 bits per heavy atom. The Bertz CT molecular complexity index is 576. The largest absolute Gasteiger partial charge is 0.0620 e. The summed E-state index contributed by atoms with van der Waals surface area (Å²) in [5, 5.41) is 0. The van der Waals surface area contributed by atoms with Crippen molar-refractivity contribution in [1.29, 1.82) is 0 Å². The smallest absolute Gasteiger partial charge is 0.0224 e. The number of aryl methyl sites for hydroxylation is 3. The summed E-state index contributed by atoms with van der Waals surface area (Å²) >= 11 is 0. The summed E-state index contributed by atoms with van der Waals surface area (Å²) < 4.78 is 0. The minimum atomic E-state index is 1.14. The first kappa shape index (κ1) is 10.3. The van der Waals surface area contributed by atoms with E-state index in [-0.39, 0.29) is 0 Å². The second kappa shape index (κ2) is 4.21. The Morgan fingerprint density at radius 2 is 1.47 bits per heavy atom. The van der Waals surface area contributed by atoms with Gasteiger partial charge in [-0.15, -0.1) is 0 Å². The summed E-state index contributed by atoms with van der Waals surface area (Å²) in [5.41, 5.74) is 7.00. The third-order valence-corrected chi connectivity index (χ3v) is 3.46. The lowest BCUT2D eigenvalue weighted by Gasteiger charge is -2.13. The zero-order chi connectivity index (χ0) is 11.7. The van der Waals surface area contributed by atoms with Crippen molar-refractivity contribution in [2.75, 3.05) is 0 Å². The highest BCUT2D eigenvalue weighted by Crippen LogP contribution is 2.22. The van der Waals surface area contributed by atoms with Crippen LogP contribution in [0.4, 0.5) is 0 Å². The lowest BCUT2D eigenvalue weighted by Crippen LogP contribution is -1.99. The van der Waals surface area contributed by atoms with E-state index in [1.165, 1.54) is 27.8 Å². The molecule has 0 unspecified atom stereocenters. The van der Waals surface area contributed by atoms with Gasteiger partial charge in [-0.2, -0.15) is 0 Å². The molecular formula is C17H16. The van der Waals surface area contributed by atoms with Crippen LogP contribution >= 0.6 is 0 Å². The maximum atomic E-state index is 2.31. The van der Waals surface area contributed by atoms with Crippen molar-refractivity contribution >= 4 is 12.2 Å². The van der Waals surface area contributed by atoms with E-state index < -0.39 is 0 Å². The van der Waals surface area contributed by atoms with Crippen LogP contribution in [0.2, 0.25) is 0 Å². The maximum absolute atomic E-state index is 2.31. The van der Waals surface area contributed by atoms with Crippen molar-refractivity contribution in [3.8, 4) is 0 Å². The molecule has 0 nitrogen and oxygen atoms in total. The number of benzene rings is 2. The minimum absolute atomic E-state index is 1.14. The molecule has 0 radical (unpaired) electrons. The Balaban J connectivity index is 2.09. The van der Waals surface area contributed by atoms with Crippen LogP contribution in [0, 0.1) is 6.92 Å². The molecule has 0 aromatic heterocycles. The Kier molecular flexibility index (Phi) is 2.56. The van der Waals surface area contributed by atoms with Gasteiger partial charge in [-0.3, -0.25) is 0 Å². The molecule has 2 aromatic rings. The van der Waals surface area contributed by atoms with E-state index in [0.717, 1.165) is 12.8 Å². The SMILES string of the molecule is Cc1ccc2c(c1)CCc1ccccc1/C=C\2. The fourth-order valence-corrected chi connectivity index (χ4v) is 2.49. The predicted octanol–water partition coefficient (Wildman–Crippen LogP) is 4.26. The summed E-state index contributed by atoms with van der Waals surface area (Å²) in [4.78, 5) is 0. The Morgan fingerprint density at radius 3 is 2.35 bits per heavy atom. The Hall–Kier alpha value is -1.82. The molecule has 1 aliphatic carbocycles. The van der Waals surface area contributed by atoms with E-state index >= 15 is 0 Å². The van der Waals surface area contributed by atoms with Crippen LogP contribution in [-0.2, 0) is 12.8 Å². The van der Waals surface area contributed by atoms with Gasteiger partial charge in [0.05, 0.1) is 0 Å². The highest BCUT2D eigenvalue weighted by Gasteiger charge is 2.06. The summed E-state index contributed by atoms with van der Waals surface area (Å²) in [6.45, 7) is 2.16. The van der Waals surface area contributed by atoms with E-state index in [1.807, 2.05) is 0 Å². The van der Waals surface area contributed by atoms with Gasteiger partial charge in [-0.25, -0.2) is 0 Å². The minimum Gasteiger partial charge on any atom is -0.0620 e. The van der Waals surface area contributed by atoms with Gasteiger partial charge in [0.2, 0.25) is 0 Å². The summed E-state index contributed by atoms with van der Waals surface area (Å²) in [5.74, 6) is 0. The molecule has 84 valence electrons. The summed E-state index contributed by atoms with van der Waals surface area (Å²) in [7, 11) is 0. The lowest BCUT2D eigenvalue weighted by atomic mass is 9.92. The van der Waals surface area contributed by atoms with Crippen LogP contribution in [0.15, 0.2) is 42.5 Å². The Labute approximate surface area is 103 Å². The lowest BCUT2D eigenvalue weighted by molar-refractivity contribution is 0.950. The van der Waals surface area contributed by atoms with Gasteiger partial charge in [-0.1, -0.05) is 60.2 Å². The third-order valence-electron chi connectivity index (χ3n) is 3.46. The molecule has 0 saturated carbocycles. The second-order valence-electron chi connectivity index (χ2n) is 4.73. The number of hydrogen-bond donors (Lipinski definition) is 0. The molecule has 0 fully saturated rings. The van der Waals surface area contributed by atoms with E-state index in [9.17, 15) is 0 Å². The van der Waals surface area contributed by atoms with Gasteiger partial charge in [0.15, 0.2) is 0 Å². The molecular weight excluding hydrogens is 204 g/mol. The molecule has 0 heterocycles. The molecule has 0 amide bonds.